The molecule has 0 aliphatic carbocycles. The molecule has 0 N–H and O–H groups in total. The number of hydrogen-bond donors (Lipinski definition) is 0. The molecule has 7 heteroatoms. The van der Waals surface area contributed by atoms with Gasteiger partial charge >= 0.3 is 0 Å². The maximum Gasteiger partial charge on any atom is 0.243 e. The summed E-state index contributed by atoms with van der Waals surface area (Å²) in [6, 6.07) is 1.61. The third-order valence-electron chi connectivity index (χ3n) is 4.03. The Morgan fingerprint density at radius 3 is 2.54 bits per heavy atom. The molecule has 2 heterocycles. The van der Waals surface area contributed by atoms with E-state index in [1.807, 2.05) is 0 Å². The van der Waals surface area contributed by atoms with Crippen molar-refractivity contribution in [3.8, 4) is 0 Å². The molecule has 126 valence electrons. The van der Waals surface area contributed by atoms with Gasteiger partial charge in [0, 0.05) is 6.92 Å². The van der Waals surface area contributed by atoms with Gasteiger partial charge in [-0.3, -0.25) is 0 Å². The van der Waals surface area contributed by atoms with Crippen molar-refractivity contribution >= 4 is 5.84 Å². The van der Waals surface area contributed by atoms with Gasteiger partial charge in [-0.25, -0.2) is 13.2 Å². The summed E-state index contributed by atoms with van der Waals surface area (Å²) in [5, 5.41) is 0. The second-order valence-corrected chi connectivity index (χ2v) is 5.42. The summed E-state index contributed by atoms with van der Waals surface area (Å²) in [5.74, 6) is -2.16. The van der Waals surface area contributed by atoms with Crippen molar-refractivity contribution in [2.75, 3.05) is 7.11 Å². The first kappa shape index (κ1) is 16.5. The molecule has 0 aromatic heterocycles. The van der Waals surface area contributed by atoms with E-state index in [0.717, 1.165) is 12.1 Å². The fourth-order valence-corrected chi connectivity index (χ4v) is 2.86. The van der Waals surface area contributed by atoms with Crippen LogP contribution in [0.3, 0.4) is 0 Å². The van der Waals surface area contributed by atoms with Gasteiger partial charge in [-0.05, 0) is 31.2 Å². The van der Waals surface area contributed by atoms with E-state index in [9.17, 15) is 13.2 Å². The number of fused-ring (bicyclic) bond motifs is 1. The van der Waals surface area contributed by atoms with Gasteiger partial charge in [-0.2, -0.15) is 9.83 Å². The zero-order valence-corrected chi connectivity index (χ0v) is 13.4. The third kappa shape index (κ3) is 2.37. The van der Waals surface area contributed by atoms with Crippen LogP contribution in [0.1, 0.15) is 19.4 Å². The number of halogens is 3. The molecule has 0 fully saturated rings. The monoisotopic (exact) mass is 337 g/mol. The molecule has 0 saturated carbocycles. The van der Waals surface area contributed by atoms with Crippen LogP contribution in [-0.2, 0) is 16.2 Å². The van der Waals surface area contributed by atoms with Crippen LogP contribution in [0.15, 0.2) is 52.6 Å². The molecule has 1 unspecified atom stereocenters. The van der Waals surface area contributed by atoms with Crippen LogP contribution in [0.4, 0.5) is 13.2 Å². The fourth-order valence-electron chi connectivity index (χ4n) is 2.86. The van der Waals surface area contributed by atoms with E-state index >= 15 is 0 Å². The summed E-state index contributed by atoms with van der Waals surface area (Å²) < 4.78 is 46.2. The third-order valence-corrected chi connectivity index (χ3v) is 4.03. The number of rotatable bonds is 4. The summed E-state index contributed by atoms with van der Waals surface area (Å²) in [6.45, 7) is 3.05. The molecule has 24 heavy (non-hydrogen) atoms. The number of methoxy groups -OCH3 is 1. The predicted molar refractivity (Wildman–Crippen MR) is 81.4 cm³/mol. The number of benzene rings is 1. The maximum absolute atomic E-state index is 13.9. The number of hydroxylamine groups is 3. The van der Waals surface area contributed by atoms with Crippen LogP contribution in [0.5, 0.6) is 0 Å². The summed E-state index contributed by atoms with van der Waals surface area (Å²) >= 11 is 0. The summed E-state index contributed by atoms with van der Waals surface area (Å²) in [6.07, 6.45) is 5.14. The number of allylic oxidation sites excluding steroid dienone is 3. The molecule has 0 radical (unpaired) electrons. The van der Waals surface area contributed by atoms with E-state index in [4.69, 9.17) is 9.57 Å². The molecular weight excluding hydrogens is 321 g/mol. The van der Waals surface area contributed by atoms with E-state index in [1.54, 1.807) is 32.2 Å². The molecular formula is C17H16F3N2O2+. The zero-order chi connectivity index (χ0) is 17.5. The van der Waals surface area contributed by atoms with Crippen LogP contribution in [-0.4, -0.2) is 17.6 Å². The summed E-state index contributed by atoms with van der Waals surface area (Å²) in [5.41, 5.74) is 0.820. The second kappa shape index (κ2) is 5.92. The number of amidine groups is 1. The highest BCUT2D eigenvalue weighted by atomic mass is 19.2. The Morgan fingerprint density at radius 1 is 1.12 bits per heavy atom. The molecule has 1 aromatic rings. The van der Waals surface area contributed by atoms with Crippen molar-refractivity contribution in [1.29, 1.82) is 0 Å². The van der Waals surface area contributed by atoms with E-state index in [2.05, 4.69) is 4.99 Å². The lowest BCUT2D eigenvalue weighted by Gasteiger charge is -2.31. The molecule has 0 amide bonds. The highest BCUT2D eigenvalue weighted by molar-refractivity contribution is 5.78. The van der Waals surface area contributed by atoms with Gasteiger partial charge < -0.3 is 4.74 Å². The number of quaternary nitrogens is 1. The lowest BCUT2D eigenvalue weighted by Crippen LogP contribution is -2.45. The van der Waals surface area contributed by atoms with Crippen molar-refractivity contribution < 1.29 is 27.4 Å². The van der Waals surface area contributed by atoms with E-state index in [0.29, 0.717) is 23.0 Å². The zero-order valence-electron chi connectivity index (χ0n) is 13.4. The average molecular weight is 337 g/mol. The molecule has 2 aliphatic rings. The molecule has 4 nitrogen and oxygen atoms in total. The standard InChI is InChI=1S/C17H16F3N2O2/c1-10-17-15(23-3)5-4-8-22(17,11(2)21-10)24-9-12-13(18)6-7-14(19)16(12)20/h4-8H,9H2,1-3H3/q+1. The predicted octanol–water partition coefficient (Wildman–Crippen LogP) is 4.07. The van der Waals surface area contributed by atoms with Crippen LogP contribution >= 0.6 is 0 Å². The number of hydrogen-bond acceptors (Lipinski definition) is 3. The van der Waals surface area contributed by atoms with Gasteiger partial charge in [-0.15, -0.1) is 0 Å². The maximum atomic E-state index is 13.9. The first-order chi connectivity index (χ1) is 11.4. The normalized spacial score (nSPS) is 22.4. The molecule has 0 bridgehead atoms. The van der Waals surface area contributed by atoms with Crippen molar-refractivity contribution in [2.24, 2.45) is 4.99 Å². The SMILES string of the molecule is COC1=CC=C[N+]2(OCc3c(F)ccc(F)c3F)C(C)=NC(C)=C12. The average Bonchev–Trinajstić information content (AvgIpc) is 2.82. The Bertz CT molecular complexity index is 827. The van der Waals surface area contributed by atoms with Gasteiger partial charge in [-0.1, -0.05) is 4.65 Å². The molecule has 3 rings (SSSR count). The number of aliphatic imine (C=N–C) groups is 1. The first-order valence-electron chi connectivity index (χ1n) is 7.27. The van der Waals surface area contributed by atoms with E-state index in [1.165, 1.54) is 7.11 Å². The Labute approximate surface area is 137 Å². The fraction of sp³-hybridized carbons (Fsp3) is 0.235. The number of nitrogens with zero attached hydrogens (tertiary/aromatic N) is 2. The Kier molecular flexibility index (Phi) is 4.06. The van der Waals surface area contributed by atoms with Crippen LogP contribution in [0.25, 0.3) is 0 Å². The highest BCUT2D eigenvalue weighted by Gasteiger charge is 2.48. The van der Waals surface area contributed by atoms with Gasteiger partial charge in [0.25, 0.3) is 0 Å². The van der Waals surface area contributed by atoms with Crippen molar-refractivity contribution in [1.82, 2.24) is 0 Å². The van der Waals surface area contributed by atoms with Gasteiger partial charge in [0.2, 0.25) is 11.5 Å². The van der Waals surface area contributed by atoms with Crippen molar-refractivity contribution in [2.45, 2.75) is 20.5 Å². The molecule has 2 aliphatic heterocycles. The smallest absolute Gasteiger partial charge is 0.243 e. The van der Waals surface area contributed by atoms with Gasteiger partial charge in [0.1, 0.15) is 24.3 Å². The Balaban J connectivity index is 1.98. The molecule has 0 saturated heterocycles. The van der Waals surface area contributed by atoms with Crippen molar-refractivity contribution in [3.63, 3.8) is 0 Å². The highest BCUT2D eigenvalue weighted by Crippen LogP contribution is 2.39. The lowest BCUT2D eigenvalue weighted by atomic mass is 10.2. The van der Waals surface area contributed by atoms with E-state index < -0.39 is 29.6 Å². The lowest BCUT2D eigenvalue weighted by molar-refractivity contribution is -0.966. The van der Waals surface area contributed by atoms with Crippen molar-refractivity contribution in [3.05, 3.63) is 70.7 Å². The second-order valence-electron chi connectivity index (χ2n) is 5.42. The summed E-state index contributed by atoms with van der Waals surface area (Å²) in [4.78, 5) is 10.2. The first-order valence-corrected chi connectivity index (χ1v) is 7.27. The minimum absolute atomic E-state index is 0.277. The minimum atomic E-state index is -1.26. The van der Waals surface area contributed by atoms with Crippen LogP contribution < -0.4 is 0 Å². The largest absolute Gasteiger partial charge is 0.491 e. The van der Waals surface area contributed by atoms with Crippen LogP contribution in [0, 0.1) is 17.5 Å². The van der Waals surface area contributed by atoms with Gasteiger partial charge in [0.05, 0.1) is 12.7 Å². The Morgan fingerprint density at radius 2 is 1.83 bits per heavy atom. The molecule has 0 spiro atoms. The molecule has 1 aromatic carbocycles. The van der Waals surface area contributed by atoms with Gasteiger partial charge in [0.15, 0.2) is 17.4 Å². The Hall–Kier alpha value is -2.38. The quantitative estimate of drug-likeness (QED) is 0.612. The number of ether oxygens (including phenoxy) is 1. The molecule has 1 atom stereocenters. The van der Waals surface area contributed by atoms with E-state index in [-0.39, 0.29) is 4.65 Å². The van der Waals surface area contributed by atoms with Crippen LogP contribution in [0.2, 0.25) is 0 Å². The summed E-state index contributed by atoms with van der Waals surface area (Å²) in [7, 11) is 1.51. The topological polar surface area (TPSA) is 30.8 Å². The minimum Gasteiger partial charge on any atom is -0.491 e.